The predicted molar refractivity (Wildman–Crippen MR) is 93.8 cm³/mol. The number of aliphatic imine (C=N–C) groups is 1. The first kappa shape index (κ1) is 15.8. The van der Waals surface area contributed by atoms with Crippen molar-refractivity contribution in [3.63, 3.8) is 0 Å². The molecule has 3 aliphatic rings. The monoisotopic (exact) mass is 327 g/mol. The summed E-state index contributed by atoms with van der Waals surface area (Å²) >= 11 is 0. The maximum absolute atomic E-state index is 12.5. The van der Waals surface area contributed by atoms with Crippen LogP contribution in [0.4, 0.5) is 5.69 Å². The molecule has 0 radical (unpaired) electrons. The Kier molecular flexibility index (Phi) is 4.37. The number of fused-ring (bicyclic) bond motifs is 2. The van der Waals surface area contributed by atoms with E-state index in [9.17, 15) is 4.79 Å². The molecule has 0 saturated carbocycles. The lowest BCUT2D eigenvalue weighted by Crippen LogP contribution is -2.41. The van der Waals surface area contributed by atoms with Crippen LogP contribution in [-0.4, -0.2) is 44.5 Å². The number of rotatable bonds is 4. The first-order valence-corrected chi connectivity index (χ1v) is 9.00. The summed E-state index contributed by atoms with van der Waals surface area (Å²) in [5.74, 6) is 0.812. The van der Waals surface area contributed by atoms with Gasteiger partial charge in [-0.2, -0.15) is 0 Å². The third kappa shape index (κ3) is 2.98. The molecule has 24 heavy (non-hydrogen) atoms. The van der Waals surface area contributed by atoms with Gasteiger partial charge in [0.2, 0.25) is 5.91 Å². The van der Waals surface area contributed by atoms with Gasteiger partial charge in [-0.15, -0.1) is 0 Å². The van der Waals surface area contributed by atoms with Crippen LogP contribution in [0.2, 0.25) is 0 Å². The van der Waals surface area contributed by atoms with Gasteiger partial charge >= 0.3 is 0 Å². The van der Waals surface area contributed by atoms with Crippen molar-refractivity contribution in [3.05, 3.63) is 29.8 Å². The fourth-order valence-corrected chi connectivity index (χ4v) is 4.13. The van der Waals surface area contributed by atoms with E-state index in [0.29, 0.717) is 5.92 Å². The molecule has 2 unspecified atom stereocenters. The SMILES string of the molecule is O=C(NCCC1CCOCC1)C1CC2(C=Nc3ccccc32)CN1. The number of nitrogens with one attached hydrogen (secondary N) is 2. The highest BCUT2D eigenvalue weighted by atomic mass is 16.5. The van der Waals surface area contributed by atoms with Crippen molar-refractivity contribution in [3.8, 4) is 0 Å². The van der Waals surface area contributed by atoms with Gasteiger partial charge in [-0.1, -0.05) is 18.2 Å². The zero-order chi connectivity index (χ0) is 16.4. The molecule has 3 aliphatic heterocycles. The van der Waals surface area contributed by atoms with Crippen LogP contribution >= 0.6 is 0 Å². The summed E-state index contributed by atoms with van der Waals surface area (Å²) in [5, 5.41) is 6.51. The van der Waals surface area contributed by atoms with Gasteiger partial charge < -0.3 is 15.4 Å². The number of hydrogen-bond acceptors (Lipinski definition) is 4. The molecule has 1 aromatic rings. The van der Waals surface area contributed by atoms with Gasteiger partial charge in [-0.05, 0) is 43.2 Å². The van der Waals surface area contributed by atoms with Crippen LogP contribution in [-0.2, 0) is 14.9 Å². The number of benzene rings is 1. The zero-order valence-electron chi connectivity index (χ0n) is 14.0. The van der Waals surface area contributed by atoms with Gasteiger partial charge in [-0.3, -0.25) is 9.79 Å². The van der Waals surface area contributed by atoms with Crippen molar-refractivity contribution in [2.24, 2.45) is 10.9 Å². The molecule has 1 spiro atoms. The van der Waals surface area contributed by atoms with Crippen molar-refractivity contribution >= 4 is 17.8 Å². The summed E-state index contributed by atoms with van der Waals surface area (Å²) in [6.07, 6.45) is 6.11. The third-order valence-electron chi connectivity index (χ3n) is 5.63. The van der Waals surface area contributed by atoms with E-state index in [2.05, 4.69) is 27.8 Å². The second kappa shape index (κ2) is 6.65. The van der Waals surface area contributed by atoms with E-state index in [1.807, 2.05) is 18.3 Å². The number of nitrogens with zero attached hydrogens (tertiary/aromatic N) is 1. The summed E-state index contributed by atoms with van der Waals surface area (Å²) in [7, 11) is 0. The Balaban J connectivity index is 1.31. The van der Waals surface area contributed by atoms with E-state index in [0.717, 1.165) is 57.7 Å². The van der Waals surface area contributed by atoms with Gasteiger partial charge in [0.1, 0.15) is 0 Å². The number of carbonyl (C=O) groups is 1. The van der Waals surface area contributed by atoms with Gasteiger partial charge in [-0.25, -0.2) is 0 Å². The quantitative estimate of drug-likeness (QED) is 0.888. The van der Waals surface area contributed by atoms with Crippen LogP contribution in [0.25, 0.3) is 0 Å². The fourth-order valence-electron chi connectivity index (χ4n) is 4.13. The molecule has 0 aromatic heterocycles. The zero-order valence-corrected chi connectivity index (χ0v) is 14.0. The van der Waals surface area contributed by atoms with E-state index in [4.69, 9.17) is 4.74 Å². The molecule has 128 valence electrons. The topological polar surface area (TPSA) is 62.7 Å². The summed E-state index contributed by atoms with van der Waals surface area (Å²) in [4.78, 5) is 17.0. The number of amides is 1. The number of ether oxygens (including phenoxy) is 1. The van der Waals surface area contributed by atoms with Gasteiger partial charge in [0, 0.05) is 37.9 Å². The van der Waals surface area contributed by atoms with Crippen LogP contribution < -0.4 is 10.6 Å². The van der Waals surface area contributed by atoms with Gasteiger partial charge in [0.15, 0.2) is 0 Å². The predicted octanol–water partition coefficient (Wildman–Crippen LogP) is 1.94. The van der Waals surface area contributed by atoms with Crippen LogP contribution in [0, 0.1) is 5.92 Å². The van der Waals surface area contributed by atoms with Crippen molar-refractivity contribution < 1.29 is 9.53 Å². The van der Waals surface area contributed by atoms with E-state index < -0.39 is 0 Å². The summed E-state index contributed by atoms with van der Waals surface area (Å²) < 4.78 is 5.38. The Morgan fingerprint density at radius 2 is 2.17 bits per heavy atom. The van der Waals surface area contributed by atoms with Crippen LogP contribution in [0.1, 0.15) is 31.2 Å². The number of hydrogen-bond donors (Lipinski definition) is 2. The second-order valence-electron chi connectivity index (χ2n) is 7.20. The van der Waals surface area contributed by atoms with Gasteiger partial charge in [0.25, 0.3) is 0 Å². The lowest BCUT2D eigenvalue weighted by atomic mass is 9.80. The van der Waals surface area contributed by atoms with Crippen molar-refractivity contribution in [1.82, 2.24) is 10.6 Å². The first-order chi connectivity index (χ1) is 11.8. The highest BCUT2D eigenvalue weighted by molar-refractivity contribution is 5.89. The average Bonchev–Trinajstić information content (AvgIpc) is 3.22. The Labute approximate surface area is 142 Å². The molecule has 3 heterocycles. The van der Waals surface area contributed by atoms with Crippen molar-refractivity contribution in [2.45, 2.75) is 37.1 Å². The number of carbonyl (C=O) groups excluding carboxylic acids is 1. The molecular formula is C19H25N3O2. The molecule has 2 N–H and O–H groups in total. The molecule has 2 fully saturated rings. The molecule has 2 atom stereocenters. The largest absolute Gasteiger partial charge is 0.381 e. The molecule has 1 aromatic carbocycles. The van der Waals surface area contributed by atoms with E-state index in [1.54, 1.807) is 0 Å². The number of para-hydroxylation sites is 1. The molecule has 1 amide bonds. The van der Waals surface area contributed by atoms with Crippen LogP contribution in [0.3, 0.4) is 0 Å². The van der Waals surface area contributed by atoms with E-state index in [1.165, 1.54) is 5.56 Å². The smallest absolute Gasteiger partial charge is 0.237 e. The normalized spacial score (nSPS) is 29.1. The maximum atomic E-state index is 12.5. The minimum absolute atomic E-state index is 0.112. The molecule has 0 aliphatic carbocycles. The third-order valence-corrected chi connectivity index (χ3v) is 5.63. The standard InChI is InChI=1S/C19H25N3O2/c23-18(20-8-5-14-6-9-24-10-7-14)17-11-19(13-22-17)12-21-16-4-2-1-3-15(16)19/h1-4,12,14,17,22H,5-11,13H2,(H,20,23). The molecule has 0 bridgehead atoms. The van der Waals surface area contributed by atoms with E-state index in [-0.39, 0.29) is 17.4 Å². The lowest BCUT2D eigenvalue weighted by Gasteiger charge is -2.22. The molecule has 5 heteroatoms. The molecular weight excluding hydrogens is 302 g/mol. The Morgan fingerprint density at radius 1 is 1.33 bits per heavy atom. The Hall–Kier alpha value is -1.72. The summed E-state index contributed by atoms with van der Waals surface area (Å²) in [6, 6.07) is 8.11. The van der Waals surface area contributed by atoms with Crippen molar-refractivity contribution in [2.75, 3.05) is 26.3 Å². The van der Waals surface area contributed by atoms with Crippen LogP contribution in [0.5, 0.6) is 0 Å². The average molecular weight is 327 g/mol. The fraction of sp³-hybridized carbons (Fsp3) is 0.579. The highest BCUT2D eigenvalue weighted by Crippen LogP contribution is 2.41. The first-order valence-electron chi connectivity index (χ1n) is 9.00. The highest BCUT2D eigenvalue weighted by Gasteiger charge is 2.45. The Bertz CT molecular complexity index is 639. The lowest BCUT2D eigenvalue weighted by molar-refractivity contribution is -0.122. The van der Waals surface area contributed by atoms with Gasteiger partial charge in [0.05, 0.1) is 11.7 Å². The molecule has 4 rings (SSSR count). The van der Waals surface area contributed by atoms with Crippen molar-refractivity contribution in [1.29, 1.82) is 0 Å². The summed E-state index contributed by atoms with van der Waals surface area (Å²) in [6.45, 7) is 3.28. The Morgan fingerprint density at radius 3 is 3.04 bits per heavy atom. The minimum atomic E-state index is -0.128. The summed E-state index contributed by atoms with van der Waals surface area (Å²) in [5.41, 5.74) is 2.18. The van der Waals surface area contributed by atoms with Crippen LogP contribution in [0.15, 0.2) is 29.3 Å². The second-order valence-corrected chi connectivity index (χ2v) is 7.20. The van der Waals surface area contributed by atoms with E-state index >= 15 is 0 Å². The minimum Gasteiger partial charge on any atom is -0.381 e. The molecule has 5 nitrogen and oxygen atoms in total. The molecule has 2 saturated heterocycles. The maximum Gasteiger partial charge on any atom is 0.237 e.